The number of para-hydroxylation sites is 1. The molecule has 1 aromatic carbocycles. The Kier molecular flexibility index (Phi) is 5.43. The zero-order chi connectivity index (χ0) is 14.4. The standard InChI is InChI=1S/C14H19N3O2S/c1-3-19-13(18)11-9-15-14(20-2)17-12(11)16-10-7-5-4-6-8-10/h4-8,11,14-15H,3,9H2,1-2H3,(H,16,17). The molecule has 1 aromatic rings. The van der Waals surface area contributed by atoms with E-state index in [0.717, 1.165) is 5.69 Å². The molecule has 6 heteroatoms. The number of hydrogen-bond donors (Lipinski definition) is 2. The maximum absolute atomic E-state index is 12.0. The molecule has 2 atom stereocenters. The summed E-state index contributed by atoms with van der Waals surface area (Å²) in [6.07, 6.45) is 1.98. The number of thioether (sulfide) groups is 1. The van der Waals surface area contributed by atoms with Crippen LogP contribution in [0.4, 0.5) is 5.69 Å². The first-order valence-electron chi connectivity index (χ1n) is 6.57. The molecule has 0 radical (unpaired) electrons. The summed E-state index contributed by atoms with van der Waals surface area (Å²) >= 11 is 1.60. The first-order chi connectivity index (χ1) is 9.74. The Labute approximate surface area is 123 Å². The van der Waals surface area contributed by atoms with Crippen LogP contribution in [-0.2, 0) is 9.53 Å². The number of rotatable bonds is 4. The smallest absolute Gasteiger partial charge is 0.317 e. The van der Waals surface area contributed by atoms with Crippen LogP contribution < -0.4 is 10.6 Å². The molecular weight excluding hydrogens is 274 g/mol. The van der Waals surface area contributed by atoms with Crippen LogP contribution in [0.2, 0.25) is 0 Å². The van der Waals surface area contributed by atoms with Gasteiger partial charge in [-0.15, -0.1) is 11.8 Å². The fourth-order valence-electron chi connectivity index (χ4n) is 1.94. The number of benzene rings is 1. The molecule has 1 heterocycles. The summed E-state index contributed by atoms with van der Waals surface area (Å²) in [4.78, 5) is 16.5. The Morgan fingerprint density at radius 2 is 2.25 bits per heavy atom. The van der Waals surface area contributed by atoms with E-state index in [9.17, 15) is 4.79 Å². The molecule has 0 spiro atoms. The van der Waals surface area contributed by atoms with Gasteiger partial charge in [-0.25, -0.2) is 4.99 Å². The average molecular weight is 293 g/mol. The average Bonchev–Trinajstić information content (AvgIpc) is 2.48. The third-order valence-electron chi connectivity index (χ3n) is 2.92. The monoisotopic (exact) mass is 293 g/mol. The first kappa shape index (κ1) is 14.9. The maximum atomic E-state index is 12.0. The topological polar surface area (TPSA) is 62.7 Å². The third-order valence-corrected chi connectivity index (χ3v) is 3.64. The van der Waals surface area contributed by atoms with Gasteiger partial charge in [0.15, 0.2) is 0 Å². The Bertz CT molecular complexity index is 479. The van der Waals surface area contributed by atoms with Gasteiger partial charge in [0.25, 0.3) is 0 Å². The summed E-state index contributed by atoms with van der Waals surface area (Å²) < 4.78 is 5.11. The van der Waals surface area contributed by atoms with Gasteiger partial charge in [-0.05, 0) is 25.3 Å². The minimum atomic E-state index is -0.390. The highest BCUT2D eigenvalue weighted by molar-refractivity contribution is 7.99. The highest BCUT2D eigenvalue weighted by Crippen LogP contribution is 2.17. The molecule has 2 N–H and O–H groups in total. The van der Waals surface area contributed by atoms with E-state index in [1.165, 1.54) is 0 Å². The van der Waals surface area contributed by atoms with Crippen molar-refractivity contribution in [3.05, 3.63) is 30.3 Å². The number of amidine groups is 1. The number of anilines is 1. The second kappa shape index (κ2) is 7.31. The van der Waals surface area contributed by atoms with E-state index in [0.29, 0.717) is 19.0 Å². The Morgan fingerprint density at radius 1 is 1.50 bits per heavy atom. The van der Waals surface area contributed by atoms with Crippen LogP contribution in [0.1, 0.15) is 6.92 Å². The van der Waals surface area contributed by atoms with Crippen LogP contribution in [0.5, 0.6) is 0 Å². The number of aliphatic imine (C=N–C) groups is 1. The number of ether oxygens (including phenoxy) is 1. The molecular formula is C14H19N3O2S. The van der Waals surface area contributed by atoms with Gasteiger partial charge in [-0.2, -0.15) is 0 Å². The van der Waals surface area contributed by atoms with Gasteiger partial charge in [0.2, 0.25) is 0 Å². The van der Waals surface area contributed by atoms with E-state index in [4.69, 9.17) is 4.74 Å². The quantitative estimate of drug-likeness (QED) is 0.831. The molecule has 0 bridgehead atoms. The van der Waals surface area contributed by atoms with E-state index in [-0.39, 0.29) is 11.5 Å². The van der Waals surface area contributed by atoms with Crippen molar-refractivity contribution in [2.24, 2.45) is 10.9 Å². The molecule has 0 aromatic heterocycles. The number of nitrogens with one attached hydrogen (secondary N) is 2. The number of carbonyl (C=O) groups excluding carboxylic acids is 1. The highest BCUT2D eigenvalue weighted by Gasteiger charge is 2.30. The minimum absolute atomic E-state index is 0.0353. The maximum Gasteiger partial charge on any atom is 0.317 e. The lowest BCUT2D eigenvalue weighted by Gasteiger charge is -2.27. The van der Waals surface area contributed by atoms with Gasteiger partial charge < -0.3 is 10.1 Å². The van der Waals surface area contributed by atoms with Gasteiger partial charge in [0.1, 0.15) is 17.3 Å². The summed E-state index contributed by atoms with van der Waals surface area (Å²) in [6, 6.07) is 9.72. The van der Waals surface area contributed by atoms with E-state index >= 15 is 0 Å². The molecule has 108 valence electrons. The molecule has 20 heavy (non-hydrogen) atoms. The van der Waals surface area contributed by atoms with Crippen molar-refractivity contribution in [3.63, 3.8) is 0 Å². The third kappa shape index (κ3) is 3.74. The van der Waals surface area contributed by atoms with Crippen LogP contribution in [0, 0.1) is 5.92 Å². The van der Waals surface area contributed by atoms with Gasteiger partial charge in [-0.3, -0.25) is 10.1 Å². The molecule has 1 aliphatic rings. The van der Waals surface area contributed by atoms with Crippen LogP contribution in [0.15, 0.2) is 35.3 Å². The van der Waals surface area contributed by atoms with Gasteiger partial charge in [0, 0.05) is 12.2 Å². The molecule has 2 unspecified atom stereocenters. The molecule has 2 rings (SSSR count). The Morgan fingerprint density at radius 3 is 2.90 bits per heavy atom. The van der Waals surface area contributed by atoms with Crippen molar-refractivity contribution >= 4 is 29.3 Å². The summed E-state index contributed by atoms with van der Waals surface area (Å²) in [6.45, 7) is 2.71. The SMILES string of the molecule is CCOC(=O)C1CNC(SC)N=C1Nc1ccccc1. The van der Waals surface area contributed by atoms with E-state index in [1.807, 2.05) is 36.6 Å². The fraction of sp³-hybridized carbons (Fsp3) is 0.429. The number of nitrogens with zero attached hydrogens (tertiary/aromatic N) is 1. The zero-order valence-corrected chi connectivity index (χ0v) is 12.4. The summed E-state index contributed by atoms with van der Waals surface area (Å²) in [5.74, 6) is 0.0213. The van der Waals surface area contributed by atoms with Crippen molar-refractivity contribution in [3.8, 4) is 0 Å². The molecule has 0 saturated carbocycles. The molecule has 1 aliphatic heterocycles. The van der Waals surface area contributed by atoms with Crippen LogP contribution in [-0.4, -0.2) is 36.7 Å². The van der Waals surface area contributed by atoms with E-state index < -0.39 is 5.92 Å². The van der Waals surface area contributed by atoms with E-state index in [1.54, 1.807) is 18.7 Å². The summed E-state index contributed by atoms with van der Waals surface area (Å²) in [5.41, 5.74) is 0.884. The van der Waals surface area contributed by atoms with Crippen molar-refractivity contribution in [2.75, 3.05) is 24.7 Å². The number of esters is 1. The van der Waals surface area contributed by atoms with Gasteiger partial charge >= 0.3 is 5.97 Å². The fourth-order valence-corrected chi connectivity index (χ4v) is 2.42. The van der Waals surface area contributed by atoms with E-state index in [2.05, 4.69) is 15.6 Å². The predicted molar refractivity (Wildman–Crippen MR) is 82.9 cm³/mol. The number of hydrogen-bond acceptors (Lipinski definition) is 6. The summed E-state index contributed by atoms with van der Waals surface area (Å²) in [5, 5.41) is 6.44. The predicted octanol–water partition coefficient (Wildman–Crippen LogP) is 1.93. The second-order valence-electron chi connectivity index (χ2n) is 4.31. The lowest BCUT2D eigenvalue weighted by Crippen LogP contribution is -2.46. The van der Waals surface area contributed by atoms with Crippen LogP contribution in [0.25, 0.3) is 0 Å². The van der Waals surface area contributed by atoms with Crippen molar-refractivity contribution in [1.82, 2.24) is 5.32 Å². The molecule has 0 aliphatic carbocycles. The van der Waals surface area contributed by atoms with Crippen LogP contribution >= 0.6 is 11.8 Å². The molecule has 5 nitrogen and oxygen atoms in total. The van der Waals surface area contributed by atoms with Crippen molar-refractivity contribution < 1.29 is 9.53 Å². The molecule has 0 fully saturated rings. The van der Waals surface area contributed by atoms with Crippen LogP contribution in [0.3, 0.4) is 0 Å². The lowest BCUT2D eigenvalue weighted by molar-refractivity contribution is -0.145. The largest absolute Gasteiger partial charge is 0.465 e. The second-order valence-corrected chi connectivity index (χ2v) is 5.22. The molecule has 0 saturated heterocycles. The van der Waals surface area contributed by atoms with Gasteiger partial charge in [0.05, 0.1) is 6.61 Å². The zero-order valence-electron chi connectivity index (χ0n) is 11.6. The minimum Gasteiger partial charge on any atom is -0.465 e. The number of carbonyl (C=O) groups is 1. The Balaban J connectivity index is 2.17. The lowest BCUT2D eigenvalue weighted by atomic mass is 10.1. The molecule has 0 amide bonds. The van der Waals surface area contributed by atoms with Crippen molar-refractivity contribution in [1.29, 1.82) is 0 Å². The highest BCUT2D eigenvalue weighted by atomic mass is 32.2. The Hall–Kier alpha value is -1.53. The van der Waals surface area contributed by atoms with Gasteiger partial charge in [-0.1, -0.05) is 18.2 Å². The normalized spacial score (nSPS) is 22.0. The summed E-state index contributed by atoms with van der Waals surface area (Å²) in [7, 11) is 0. The van der Waals surface area contributed by atoms with Crippen molar-refractivity contribution in [2.45, 2.75) is 12.4 Å². The first-order valence-corrected chi connectivity index (χ1v) is 7.86.